The van der Waals surface area contributed by atoms with Crippen molar-refractivity contribution in [2.24, 2.45) is 0 Å². The van der Waals surface area contributed by atoms with Gasteiger partial charge in [-0.3, -0.25) is 0 Å². The molecule has 3 N–H and O–H groups in total. The smallest absolute Gasteiger partial charge is 0.123 e. The molecule has 0 aliphatic carbocycles. The van der Waals surface area contributed by atoms with Gasteiger partial charge in [0.25, 0.3) is 0 Å². The molecule has 0 atom stereocenters. The van der Waals surface area contributed by atoms with Crippen molar-refractivity contribution in [3.05, 3.63) is 46.9 Å². The van der Waals surface area contributed by atoms with Crippen LogP contribution in [0, 0.1) is 0 Å². The summed E-state index contributed by atoms with van der Waals surface area (Å²) < 4.78 is 6.66. The highest BCUT2D eigenvalue weighted by atomic mass is 79.9. The molecular weight excluding hydrogens is 304 g/mol. The molecule has 0 unspecified atom stereocenters. The summed E-state index contributed by atoms with van der Waals surface area (Å²) in [5, 5.41) is 3.31. The van der Waals surface area contributed by atoms with E-state index in [9.17, 15) is 0 Å². The van der Waals surface area contributed by atoms with Gasteiger partial charge in [-0.1, -0.05) is 22.9 Å². The Balaban J connectivity index is 2.15. The summed E-state index contributed by atoms with van der Waals surface area (Å²) in [6.07, 6.45) is 0.976. The number of benzene rings is 2. The van der Waals surface area contributed by atoms with E-state index in [1.165, 1.54) is 0 Å². The molecule has 2 rings (SSSR count). The Hall–Kier alpha value is -1.68. The van der Waals surface area contributed by atoms with Gasteiger partial charge in [0, 0.05) is 33.7 Å². The van der Waals surface area contributed by atoms with Gasteiger partial charge in [-0.25, -0.2) is 0 Å². The normalized spacial score (nSPS) is 10.2. The maximum atomic E-state index is 5.88. The van der Waals surface area contributed by atoms with Crippen LogP contribution < -0.4 is 15.8 Å². The van der Waals surface area contributed by atoms with E-state index in [2.05, 4.69) is 28.2 Å². The van der Waals surface area contributed by atoms with E-state index in [4.69, 9.17) is 10.5 Å². The molecule has 0 aliphatic heterocycles. The van der Waals surface area contributed by atoms with Crippen molar-refractivity contribution in [2.75, 3.05) is 17.7 Å². The Morgan fingerprint density at radius 2 is 1.84 bits per heavy atom. The molecule has 0 aliphatic rings. The van der Waals surface area contributed by atoms with Crippen molar-refractivity contribution in [1.29, 1.82) is 0 Å². The number of nitrogens with one attached hydrogen (secondary N) is 1. The highest BCUT2D eigenvalue weighted by Gasteiger charge is 2.01. The number of nitrogens with two attached hydrogens (primary N) is 1. The second-order valence-corrected chi connectivity index (χ2v) is 5.19. The van der Waals surface area contributed by atoms with Crippen molar-refractivity contribution in [2.45, 2.75) is 13.3 Å². The predicted molar refractivity (Wildman–Crippen MR) is 84.1 cm³/mol. The predicted octanol–water partition coefficient (Wildman–Crippen LogP) is 4.56. The molecule has 2 aromatic carbocycles. The van der Waals surface area contributed by atoms with E-state index in [0.29, 0.717) is 12.3 Å². The average Bonchev–Trinajstić information content (AvgIpc) is 2.38. The maximum Gasteiger partial charge on any atom is 0.123 e. The van der Waals surface area contributed by atoms with Crippen molar-refractivity contribution in [3.63, 3.8) is 0 Å². The van der Waals surface area contributed by atoms with Crippen LogP contribution in [0.15, 0.2) is 46.9 Å². The zero-order valence-electron chi connectivity index (χ0n) is 10.8. The first-order valence-electron chi connectivity index (χ1n) is 6.23. The van der Waals surface area contributed by atoms with Crippen LogP contribution in [-0.2, 0) is 0 Å². The maximum absolute atomic E-state index is 5.88. The van der Waals surface area contributed by atoms with E-state index in [1.54, 1.807) is 0 Å². The molecule has 2 aromatic rings. The molecule has 0 radical (unpaired) electrons. The standard InChI is InChI=1S/C15H17BrN2O/c1-2-7-19-15-9-12(17)8-14(10-15)18-13-5-3-11(16)4-6-13/h3-6,8-10,18H,2,7,17H2,1H3. The number of halogens is 1. The molecular formula is C15H17BrN2O. The first kappa shape index (κ1) is 13.7. The SMILES string of the molecule is CCCOc1cc(N)cc(Nc2ccc(Br)cc2)c1. The molecule has 0 bridgehead atoms. The van der Waals surface area contributed by atoms with Crippen LogP contribution in [0.1, 0.15) is 13.3 Å². The van der Waals surface area contributed by atoms with E-state index >= 15 is 0 Å². The minimum atomic E-state index is 0.688. The summed E-state index contributed by atoms with van der Waals surface area (Å²) in [4.78, 5) is 0. The number of hydrogen-bond donors (Lipinski definition) is 2. The molecule has 0 saturated heterocycles. The van der Waals surface area contributed by atoms with Crippen LogP contribution in [-0.4, -0.2) is 6.61 Å². The number of anilines is 3. The quantitative estimate of drug-likeness (QED) is 0.794. The van der Waals surface area contributed by atoms with Crippen LogP contribution in [0.4, 0.5) is 17.1 Å². The molecule has 100 valence electrons. The zero-order valence-corrected chi connectivity index (χ0v) is 12.4. The lowest BCUT2D eigenvalue weighted by Crippen LogP contribution is -1.98. The average molecular weight is 321 g/mol. The van der Waals surface area contributed by atoms with Crippen molar-refractivity contribution < 1.29 is 4.74 Å². The summed E-state index contributed by atoms with van der Waals surface area (Å²) >= 11 is 3.41. The van der Waals surface area contributed by atoms with E-state index < -0.39 is 0 Å². The van der Waals surface area contributed by atoms with Gasteiger partial charge in [-0.05, 0) is 36.8 Å². The molecule has 0 heterocycles. The first-order chi connectivity index (χ1) is 9.17. The largest absolute Gasteiger partial charge is 0.493 e. The molecule has 0 amide bonds. The number of hydrogen-bond acceptors (Lipinski definition) is 3. The highest BCUT2D eigenvalue weighted by molar-refractivity contribution is 9.10. The molecule has 0 spiro atoms. The molecule has 19 heavy (non-hydrogen) atoms. The Labute approximate surface area is 121 Å². The molecule has 4 heteroatoms. The summed E-state index contributed by atoms with van der Waals surface area (Å²) in [6, 6.07) is 13.7. The van der Waals surface area contributed by atoms with Crippen LogP contribution >= 0.6 is 15.9 Å². The first-order valence-corrected chi connectivity index (χ1v) is 7.02. The van der Waals surface area contributed by atoms with Crippen molar-refractivity contribution in [1.82, 2.24) is 0 Å². The van der Waals surface area contributed by atoms with Gasteiger partial charge in [-0.2, -0.15) is 0 Å². The van der Waals surface area contributed by atoms with Gasteiger partial charge >= 0.3 is 0 Å². The van der Waals surface area contributed by atoms with Gasteiger partial charge in [0.2, 0.25) is 0 Å². The lowest BCUT2D eigenvalue weighted by Gasteiger charge is -2.11. The summed E-state index contributed by atoms with van der Waals surface area (Å²) in [7, 11) is 0. The van der Waals surface area contributed by atoms with E-state index in [0.717, 1.165) is 28.0 Å². The third-order valence-corrected chi connectivity index (χ3v) is 3.06. The minimum Gasteiger partial charge on any atom is -0.493 e. The third kappa shape index (κ3) is 4.17. The van der Waals surface area contributed by atoms with Gasteiger partial charge in [0.1, 0.15) is 5.75 Å². The molecule has 0 aromatic heterocycles. The topological polar surface area (TPSA) is 47.3 Å². The van der Waals surface area contributed by atoms with Gasteiger partial charge < -0.3 is 15.8 Å². The number of rotatable bonds is 5. The second kappa shape index (κ2) is 6.48. The number of ether oxygens (including phenoxy) is 1. The zero-order chi connectivity index (χ0) is 13.7. The van der Waals surface area contributed by atoms with Crippen molar-refractivity contribution >= 4 is 33.0 Å². The third-order valence-electron chi connectivity index (χ3n) is 2.53. The summed E-state index contributed by atoms with van der Waals surface area (Å²) in [5.41, 5.74) is 8.50. The Bertz CT molecular complexity index is 540. The van der Waals surface area contributed by atoms with Gasteiger partial charge in [0.05, 0.1) is 6.61 Å². The Kier molecular flexibility index (Phi) is 4.68. The van der Waals surface area contributed by atoms with Crippen LogP contribution in [0.25, 0.3) is 0 Å². The van der Waals surface area contributed by atoms with Crippen LogP contribution in [0.5, 0.6) is 5.75 Å². The van der Waals surface area contributed by atoms with Crippen LogP contribution in [0.3, 0.4) is 0 Å². The fourth-order valence-electron chi connectivity index (χ4n) is 1.70. The molecule has 0 saturated carbocycles. The Morgan fingerprint density at radius 3 is 2.53 bits per heavy atom. The monoisotopic (exact) mass is 320 g/mol. The summed E-state index contributed by atoms with van der Waals surface area (Å²) in [6.45, 7) is 2.77. The lowest BCUT2D eigenvalue weighted by molar-refractivity contribution is 0.318. The fraction of sp³-hybridized carbons (Fsp3) is 0.200. The fourth-order valence-corrected chi connectivity index (χ4v) is 1.96. The highest BCUT2D eigenvalue weighted by Crippen LogP contribution is 2.26. The molecule has 3 nitrogen and oxygen atoms in total. The Morgan fingerprint density at radius 1 is 1.11 bits per heavy atom. The van der Waals surface area contributed by atoms with Gasteiger partial charge in [0.15, 0.2) is 0 Å². The minimum absolute atomic E-state index is 0.688. The van der Waals surface area contributed by atoms with Crippen molar-refractivity contribution in [3.8, 4) is 5.75 Å². The second-order valence-electron chi connectivity index (χ2n) is 4.27. The number of nitrogen functional groups attached to an aromatic ring is 1. The lowest BCUT2D eigenvalue weighted by atomic mass is 10.2. The van der Waals surface area contributed by atoms with Gasteiger partial charge in [-0.15, -0.1) is 0 Å². The summed E-state index contributed by atoms with van der Waals surface area (Å²) in [5.74, 6) is 0.793. The molecule has 0 fully saturated rings. The van der Waals surface area contributed by atoms with Crippen LogP contribution in [0.2, 0.25) is 0 Å². The van der Waals surface area contributed by atoms with E-state index in [-0.39, 0.29) is 0 Å². The van der Waals surface area contributed by atoms with E-state index in [1.807, 2.05) is 42.5 Å².